The van der Waals surface area contributed by atoms with Gasteiger partial charge >= 0.3 is 0 Å². The number of hydrogen-bond donors (Lipinski definition) is 3. The molecule has 0 saturated heterocycles. The fourth-order valence-corrected chi connectivity index (χ4v) is 3.47. The van der Waals surface area contributed by atoms with Crippen LogP contribution in [0.1, 0.15) is 38.3 Å². The molecule has 0 spiro atoms. The second-order valence-electron chi connectivity index (χ2n) is 6.70. The van der Waals surface area contributed by atoms with Crippen LogP contribution in [0.3, 0.4) is 0 Å². The highest BCUT2D eigenvalue weighted by atomic mass is 16.3. The molecule has 0 atom stereocenters. The molecule has 8 nitrogen and oxygen atoms in total. The second kappa shape index (κ2) is 7.42. The summed E-state index contributed by atoms with van der Waals surface area (Å²) in [4.78, 5) is 21.5. The van der Waals surface area contributed by atoms with E-state index in [0.29, 0.717) is 24.2 Å². The van der Waals surface area contributed by atoms with Crippen LogP contribution in [-0.4, -0.2) is 43.7 Å². The molecule has 0 radical (unpaired) electrons. The van der Waals surface area contributed by atoms with Crippen molar-refractivity contribution in [3.05, 3.63) is 58.3 Å². The van der Waals surface area contributed by atoms with Crippen molar-refractivity contribution in [1.82, 2.24) is 30.2 Å². The van der Waals surface area contributed by atoms with Crippen LogP contribution < -0.4 is 10.6 Å². The standard InChI is InChI=1S/C19H22N6O2/c1-12-16(15-2-4-20-7-14(15)8-21-12)9-23-19(27)17-10-24-25-11-13(3-5-26)6-22-18(17)25/h6,8,10-11,20,26H,2-5,7,9H2,1H3,(H,23,27). The molecule has 3 aromatic heterocycles. The summed E-state index contributed by atoms with van der Waals surface area (Å²) in [6, 6.07) is 0. The first-order chi connectivity index (χ1) is 13.2. The van der Waals surface area contributed by atoms with E-state index < -0.39 is 0 Å². The Hall–Kier alpha value is -2.84. The predicted molar refractivity (Wildman–Crippen MR) is 99.3 cm³/mol. The zero-order valence-electron chi connectivity index (χ0n) is 15.2. The maximum atomic E-state index is 12.7. The summed E-state index contributed by atoms with van der Waals surface area (Å²) in [7, 11) is 0. The number of pyridine rings is 1. The molecule has 8 heteroatoms. The van der Waals surface area contributed by atoms with Gasteiger partial charge in [0.2, 0.25) is 0 Å². The third-order valence-electron chi connectivity index (χ3n) is 4.95. The fraction of sp³-hybridized carbons (Fsp3) is 0.368. The first kappa shape index (κ1) is 17.6. The molecule has 0 aromatic carbocycles. The number of hydrogen-bond acceptors (Lipinski definition) is 6. The largest absolute Gasteiger partial charge is 0.396 e. The van der Waals surface area contributed by atoms with Gasteiger partial charge in [-0.3, -0.25) is 9.78 Å². The van der Waals surface area contributed by atoms with E-state index in [1.165, 1.54) is 17.3 Å². The predicted octanol–water partition coefficient (Wildman–Crippen LogP) is 0.543. The van der Waals surface area contributed by atoms with Crippen LogP contribution in [0.25, 0.3) is 5.65 Å². The van der Waals surface area contributed by atoms with Gasteiger partial charge in [0.15, 0.2) is 5.65 Å². The molecule has 0 unspecified atom stereocenters. The second-order valence-corrected chi connectivity index (χ2v) is 6.70. The quantitative estimate of drug-likeness (QED) is 0.609. The first-order valence-corrected chi connectivity index (χ1v) is 9.05. The molecule has 1 amide bonds. The van der Waals surface area contributed by atoms with Gasteiger partial charge in [0.1, 0.15) is 5.56 Å². The Morgan fingerprint density at radius 3 is 3.07 bits per heavy atom. The van der Waals surface area contributed by atoms with Crippen LogP contribution in [-0.2, 0) is 25.9 Å². The molecule has 4 rings (SSSR count). The van der Waals surface area contributed by atoms with Crippen molar-refractivity contribution in [2.45, 2.75) is 32.9 Å². The van der Waals surface area contributed by atoms with E-state index in [9.17, 15) is 4.79 Å². The van der Waals surface area contributed by atoms with Crippen LogP contribution in [0.5, 0.6) is 0 Å². The van der Waals surface area contributed by atoms with Gasteiger partial charge in [0, 0.05) is 44.0 Å². The molecule has 0 aliphatic carbocycles. The molecule has 1 aliphatic heterocycles. The number of fused-ring (bicyclic) bond motifs is 2. The Kier molecular flexibility index (Phi) is 4.83. The van der Waals surface area contributed by atoms with Gasteiger partial charge in [-0.15, -0.1) is 0 Å². The van der Waals surface area contributed by atoms with Crippen LogP contribution in [0.4, 0.5) is 0 Å². The zero-order valence-corrected chi connectivity index (χ0v) is 15.2. The van der Waals surface area contributed by atoms with Gasteiger partial charge in [-0.2, -0.15) is 5.10 Å². The summed E-state index contributed by atoms with van der Waals surface area (Å²) in [6.07, 6.45) is 8.33. The maximum absolute atomic E-state index is 12.7. The number of amides is 1. The number of aryl methyl sites for hydroxylation is 1. The fourth-order valence-electron chi connectivity index (χ4n) is 3.47. The minimum absolute atomic E-state index is 0.0477. The number of nitrogens with zero attached hydrogens (tertiary/aromatic N) is 4. The van der Waals surface area contributed by atoms with Crippen LogP contribution in [0.2, 0.25) is 0 Å². The van der Waals surface area contributed by atoms with Crippen LogP contribution in [0.15, 0.2) is 24.8 Å². The van der Waals surface area contributed by atoms with Crippen LogP contribution in [0, 0.1) is 6.92 Å². The average molecular weight is 366 g/mol. The van der Waals surface area contributed by atoms with Gasteiger partial charge in [-0.1, -0.05) is 0 Å². The lowest BCUT2D eigenvalue weighted by atomic mass is 9.96. The Bertz CT molecular complexity index is 997. The normalized spacial score (nSPS) is 13.6. The first-order valence-electron chi connectivity index (χ1n) is 9.05. The maximum Gasteiger partial charge on any atom is 0.257 e. The Balaban J connectivity index is 1.54. The van der Waals surface area contributed by atoms with Crippen molar-refractivity contribution in [2.24, 2.45) is 0 Å². The lowest BCUT2D eigenvalue weighted by Crippen LogP contribution is -2.28. The van der Waals surface area contributed by atoms with E-state index in [4.69, 9.17) is 5.11 Å². The molecule has 4 heterocycles. The van der Waals surface area contributed by atoms with Gasteiger partial charge < -0.3 is 15.7 Å². The smallest absolute Gasteiger partial charge is 0.257 e. The molecular weight excluding hydrogens is 344 g/mol. The van der Waals surface area contributed by atoms with E-state index in [0.717, 1.165) is 36.3 Å². The molecule has 0 bridgehead atoms. The number of aliphatic hydroxyl groups is 1. The number of aliphatic hydroxyl groups excluding tert-OH is 1. The van der Waals surface area contributed by atoms with Gasteiger partial charge in [0.05, 0.1) is 6.20 Å². The van der Waals surface area contributed by atoms with Crippen molar-refractivity contribution >= 4 is 11.6 Å². The molecule has 140 valence electrons. The summed E-state index contributed by atoms with van der Waals surface area (Å²) in [5, 5.41) is 19.6. The summed E-state index contributed by atoms with van der Waals surface area (Å²) < 4.78 is 1.57. The summed E-state index contributed by atoms with van der Waals surface area (Å²) in [5.74, 6) is -0.210. The molecule has 3 aromatic rings. The monoisotopic (exact) mass is 366 g/mol. The number of carbonyl (C=O) groups is 1. The SMILES string of the molecule is Cc1ncc2c(c1CNC(=O)c1cnn3cc(CCO)cnc13)CCNC2. The van der Waals surface area contributed by atoms with E-state index in [2.05, 4.69) is 25.7 Å². The molecular formula is C19H22N6O2. The highest BCUT2D eigenvalue weighted by molar-refractivity contribution is 5.99. The Morgan fingerprint density at radius 2 is 2.22 bits per heavy atom. The summed E-state index contributed by atoms with van der Waals surface area (Å²) in [6.45, 7) is 4.21. The van der Waals surface area contributed by atoms with Gasteiger partial charge in [-0.05, 0) is 48.6 Å². The van der Waals surface area contributed by atoms with E-state index in [1.54, 1.807) is 16.9 Å². The van der Waals surface area contributed by atoms with E-state index in [1.807, 2.05) is 13.1 Å². The van der Waals surface area contributed by atoms with Crippen LogP contribution >= 0.6 is 0 Å². The van der Waals surface area contributed by atoms with Gasteiger partial charge in [-0.25, -0.2) is 9.50 Å². The average Bonchev–Trinajstić information content (AvgIpc) is 3.10. The third kappa shape index (κ3) is 3.41. The number of rotatable bonds is 5. The highest BCUT2D eigenvalue weighted by Crippen LogP contribution is 2.20. The highest BCUT2D eigenvalue weighted by Gasteiger charge is 2.18. The van der Waals surface area contributed by atoms with Crippen molar-refractivity contribution in [2.75, 3.05) is 13.2 Å². The lowest BCUT2D eigenvalue weighted by molar-refractivity contribution is 0.0952. The van der Waals surface area contributed by atoms with Gasteiger partial charge in [0.25, 0.3) is 5.91 Å². The molecule has 3 N–H and O–H groups in total. The van der Waals surface area contributed by atoms with Crippen molar-refractivity contribution in [1.29, 1.82) is 0 Å². The van der Waals surface area contributed by atoms with E-state index in [-0.39, 0.29) is 12.5 Å². The number of nitrogens with one attached hydrogen (secondary N) is 2. The number of aromatic nitrogens is 4. The molecule has 27 heavy (non-hydrogen) atoms. The van der Waals surface area contributed by atoms with Crippen molar-refractivity contribution < 1.29 is 9.90 Å². The topological polar surface area (TPSA) is 104 Å². The number of carbonyl (C=O) groups excluding carboxylic acids is 1. The zero-order chi connectivity index (χ0) is 18.8. The Morgan fingerprint density at radius 1 is 1.33 bits per heavy atom. The molecule has 1 aliphatic rings. The van der Waals surface area contributed by atoms with Crippen molar-refractivity contribution in [3.63, 3.8) is 0 Å². The Labute approximate surface area is 156 Å². The summed E-state index contributed by atoms with van der Waals surface area (Å²) >= 11 is 0. The van der Waals surface area contributed by atoms with Crippen molar-refractivity contribution in [3.8, 4) is 0 Å². The molecule has 0 fully saturated rings. The minimum Gasteiger partial charge on any atom is -0.396 e. The van der Waals surface area contributed by atoms with E-state index >= 15 is 0 Å². The molecule has 0 saturated carbocycles. The minimum atomic E-state index is -0.210. The third-order valence-corrected chi connectivity index (χ3v) is 4.95. The lowest BCUT2D eigenvalue weighted by Gasteiger charge is -2.21. The summed E-state index contributed by atoms with van der Waals surface area (Å²) in [5.41, 5.74) is 6.33.